The van der Waals surface area contributed by atoms with Gasteiger partial charge in [-0.2, -0.15) is 0 Å². The third-order valence-corrected chi connectivity index (χ3v) is 6.14. The molecule has 0 fully saturated rings. The van der Waals surface area contributed by atoms with Crippen LogP contribution in [0, 0.1) is 6.92 Å². The summed E-state index contributed by atoms with van der Waals surface area (Å²) in [5, 5.41) is 0. The fraction of sp³-hybridized carbons (Fsp3) is 0.909. The second-order valence-corrected chi connectivity index (χ2v) is 6.88. The summed E-state index contributed by atoms with van der Waals surface area (Å²) in [5.74, 6) is 0. The van der Waals surface area contributed by atoms with Crippen LogP contribution in [-0.2, 0) is 8.85 Å². The van der Waals surface area contributed by atoms with Gasteiger partial charge in [-0.1, -0.05) is 33.1 Å². The van der Waals surface area contributed by atoms with Gasteiger partial charge in [0.25, 0.3) is 0 Å². The highest BCUT2D eigenvalue weighted by Crippen LogP contribution is 2.23. The molecule has 0 rings (SSSR count). The fourth-order valence-corrected chi connectivity index (χ4v) is 5.09. The summed E-state index contributed by atoms with van der Waals surface area (Å²) < 4.78 is 11.8. The van der Waals surface area contributed by atoms with Crippen molar-refractivity contribution in [2.24, 2.45) is 0 Å². The average molecular weight is 217 g/mol. The van der Waals surface area contributed by atoms with E-state index in [9.17, 15) is 0 Å². The van der Waals surface area contributed by atoms with Crippen LogP contribution in [0.5, 0.6) is 0 Å². The minimum atomic E-state index is -1.88. The van der Waals surface area contributed by atoms with Gasteiger partial charge in [0.2, 0.25) is 0 Å². The molecule has 0 N–H and O–H groups in total. The molecule has 3 heteroatoms. The smallest absolute Gasteiger partial charge is 0.338 e. The number of hydrogen-bond acceptors (Lipinski definition) is 2. The summed E-state index contributed by atoms with van der Waals surface area (Å²) in [6, 6.07) is 2.16. The van der Waals surface area contributed by atoms with Crippen LogP contribution in [0.15, 0.2) is 0 Å². The molecule has 85 valence electrons. The first kappa shape index (κ1) is 14.1. The third-order valence-electron chi connectivity index (χ3n) is 2.28. The minimum absolute atomic E-state index is 0.774. The van der Waals surface area contributed by atoms with Crippen LogP contribution in [0.4, 0.5) is 0 Å². The van der Waals surface area contributed by atoms with Crippen molar-refractivity contribution >= 4 is 8.56 Å². The minimum Gasteiger partial charge on any atom is -0.394 e. The Morgan fingerprint density at radius 3 is 1.93 bits per heavy atom. The molecule has 0 heterocycles. The highest BCUT2D eigenvalue weighted by atomic mass is 28.4. The van der Waals surface area contributed by atoms with Crippen molar-refractivity contribution in [1.82, 2.24) is 0 Å². The Morgan fingerprint density at radius 1 is 1.00 bits per heavy atom. The van der Waals surface area contributed by atoms with Crippen LogP contribution in [0.25, 0.3) is 0 Å². The van der Waals surface area contributed by atoms with Crippen molar-refractivity contribution in [3.05, 3.63) is 6.92 Å². The number of rotatable bonds is 9. The molecule has 0 saturated carbocycles. The molecule has 2 nitrogen and oxygen atoms in total. The van der Waals surface area contributed by atoms with Gasteiger partial charge in [-0.3, -0.25) is 0 Å². The molecule has 0 unspecified atom stereocenters. The van der Waals surface area contributed by atoms with E-state index >= 15 is 0 Å². The third kappa shape index (κ3) is 5.13. The highest BCUT2D eigenvalue weighted by molar-refractivity contribution is 6.67. The maximum Gasteiger partial charge on any atom is 0.338 e. The first-order valence-electron chi connectivity index (χ1n) is 5.81. The quantitative estimate of drug-likeness (QED) is 0.550. The molecule has 0 aromatic carbocycles. The van der Waals surface area contributed by atoms with Crippen molar-refractivity contribution in [2.75, 3.05) is 13.2 Å². The summed E-state index contributed by atoms with van der Waals surface area (Å²) in [7, 11) is -1.88. The topological polar surface area (TPSA) is 18.5 Å². The molecular weight excluding hydrogens is 192 g/mol. The number of unbranched alkanes of at least 4 members (excludes halogenated alkanes) is 1. The zero-order chi connectivity index (χ0) is 10.9. The molecule has 0 aliphatic rings. The Balaban J connectivity index is 4.21. The summed E-state index contributed by atoms with van der Waals surface area (Å²) in [6.07, 6.45) is 3.36. The first-order valence-corrected chi connectivity index (χ1v) is 8.04. The zero-order valence-electron chi connectivity index (χ0n) is 9.97. The van der Waals surface area contributed by atoms with Gasteiger partial charge in [0.1, 0.15) is 0 Å². The second kappa shape index (κ2) is 8.45. The van der Waals surface area contributed by atoms with Gasteiger partial charge in [0.15, 0.2) is 0 Å². The van der Waals surface area contributed by atoms with E-state index in [0.717, 1.165) is 31.7 Å². The Morgan fingerprint density at radius 2 is 1.57 bits per heavy atom. The molecule has 0 saturated heterocycles. The predicted octanol–water partition coefficient (Wildman–Crippen LogP) is 3.53. The van der Waals surface area contributed by atoms with E-state index in [4.69, 9.17) is 8.85 Å². The van der Waals surface area contributed by atoms with Crippen LogP contribution < -0.4 is 0 Å². The predicted molar refractivity (Wildman–Crippen MR) is 63.5 cm³/mol. The highest BCUT2D eigenvalue weighted by Gasteiger charge is 2.34. The fourth-order valence-electron chi connectivity index (χ4n) is 1.70. The molecule has 14 heavy (non-hydrogen) atoms. The summed E-state index contributed by atoms with van der Waals surface area (Å²) in [6.45, 7) is 11.8. The van der Waals surface area contributed by atoms with E-state index in [-0.39, 0.29) is 0 Å². The Bertz CT molecular complexity index is 111. The molecule has 0 aliphatic carbocycles. The van der Waals surface area contributed by atoms with Gasteiger partial charge in [-0.25, -0.2) is 0 Å². The molecule has 1 radical (unpaired) electrons. The molecule has 0 bridgehead atoms. The standard InChI is InChI=1S/C11H25O2Si/c1-5-9-11-14(10-6-2,12-7-3)13-8-4/h2,5-11H2,1,3-4H3. The average Bonchev–Trinajstić information content (AvgIpc) is 2.16. The Labute approximate surface area is 90.2 Å². The lowest BCUT2D eigenvalue weighted by atomic mass is 10.4. The maximum atomic E-state index is 5.89. The molecule has 0 atom stereocenters. The van der Waals surface area contributed by atoms with Crippen LogP contribution in [0.1, 0.15) is 40.0 Å². The molecule has 0 amide bonds. The van der Waals surface area contributed by atoms with Gasteiger partial charge in [0, 0.05) is 13.2 Å². The van der Waals surface area contributed by atoms with E-state index in [1.54, 1.807) is 0 Å². The van der Waals surface area contributed by atoms with Crippen molar-refractivity contribution in [3.63, 3.8) is 0 Å². The molecule has 0 aliphatic heterocycles. The summed E-state index contributed by atoms with van der Waals surface area (Å²) in [5.41, 5.74) is 0. The van der Waals surface area contributed by atoms with Gasteiger partial charge < -0.3 is 8.85 Å². The Kier molecular flexibility index (Phi) is 8.53. The van der Waals surface area contributed by atoms with Crippen LogP contribution >= 0.6 is 0 Å². The van der Waals surface area contributed by atoms with Crippen LogP contribution in [0.2, 0.25) is 12.1 Å². The zero-order valence-corrected chi connectivity index (χ0v) is 11.0. The van der Waals surface area contributed by atoms with E-state index in [1.165, 1.54) is 12.8 Å². The maximum absolute atomic E-state index is 5.89. The van der Waals surface area contributed by atoms with Crippen molar-refractivity contribution < 1.29 is 8.85 Å². The van der Waals surface area contributed by atoms with Crippen molar-refractivity contribution in [2.45, 2.75) is 52.1 Å². The molecular formula is C11H25O2Si. The van der Waals surface area contributed by atoms with Crippen molar-refractivity contribution in [1.29, 1.82) is 0 Å². The van der Waals surface area contributed by atoms with Crippen LogP contribution in [-0.4, -0.2) is 21.8 Å². The lowest BCUT2D eigenvalue weighted by Crippen LogP contribution is -2.42. The SMILES string of the molecule is [CH2]CC[Si](CCCC)(OCC)OCC. The van der Waals surface area contributed by atoms with Crippen LogP contribution in [0.3, 0.4) is 0 Å². The largest absolute Gasteiger partial charge is 0.394 e. The lowest BCUT2D eigenvalue weighted by molar-refractivity contribution is 0.181. The van der Waals surface area contributed by atoms with E-state index in [2.05, 4.69) is 27.7 Å². The molecule has 0 spiro atoms. The summed E-state index contributed by atoms with van der Waals surface area (Å²) >= 11 is 0. The molecule has 0 aromatic heterocycles. The first-order chi connectivity index (χ1) is 6.74. The monoisotopic (exact) mass is 217 g/mol. The Hall–Kier alpha value is 0.137. The van der Waals surface area contributed by atoms with Gasteiger partial charge in [-0.15, -0.1) is 0 Å². The second-order valence-electron chi connectivity index (χ2n) is 3.48. The summed E-state index contributed by atoms with van der Waals surface area (Å²) in [4.78, 5) is 0. The van der Waals surface area contributed by atoms with Crippen molar-refractivity contribution in [3.8, 4) is 0 Å². The van der Waals surface area contributed by atoms with E-state index in [0.29, 0.717) is 0 Å². The van der Waals surface area contributed by atoms with E-state index in [1.807, 2.05) is 0 Å². The lowest BCUT2D eigenvalue weighted by Gasteiger charge is -2.29. The normalized spacial score (nSPS) is 12.0. The number of hydrogen-bond donors (Lipinski definition) is 0. The van der Waals surface area contributed by atoms with E-state index < -0.39 is 8.56 Å². The van der Waals surface area contributed by atoms with Gasteiger partial charge >= 0.3 is 8.56 Å². The van der Waals surface area contributed by atoms with Gasteiger partial charge in [-0.05, 0) is 25.9 Å². The molecule has 0 aromatic rings. The van der Waals surface area contributed by atoms with Gasteiger partial charge in [0.05, 0.1) is 0 Å².